The number of aliphatic hydroxyl groups is 1. The van der Waals surface area contributed by atoms with Crippen LogP contribution in [0, 0.1) is 5.92 Å². The summed E-state index contributed by atoms with van der Waals surface area (Å²) in [4.78, 5) is 42.4. The van der Waals surface area contributed by atoms with E-state index >= 15 is 0 Å². The van der Waals surface area contributed by atoms with Crippen molar-refractivity contribution in [3.63, 3.8) is 0 Å². The third-order valence-corrected chi connectivity index (χ3v) is 11.0. The summed E-state index contributed by atoms with van der Waals surface area (Å²) in [5.41, 5.74) is 2.00. The average molecular weight is 559 g/mol. The number of aliphatic hydroxyl groups excluding tert-OH is 1. The van der Waals surface area contributed by atoms with Gasteiger partial charge in [0.2, 0.25) is 0 Å². The van der Waals surface area contributed by atoms with Crippen molar-refractivity contribution in [3.8, 4) is 5.75 Å². The molecule has 3 aliphatic heterocycles. The highest BCUT2D eigenvalue weighted by Gasteiger charge is 2.66. The van der Waals surface area contributed by atoms with Crippen LogP contribution in [0.25, 0.3) is 0 Å². The molecule has 0 saturated carbocycles. The summed E-state index contributed by atoms with van der Waals surface area (Å²) in [7, 11) is -2.82. The minimum Gasteiger partial charge on any atom is -0.482 e. The lowest BCUT2D eigenvalue weighted by molar-refractivity contribution is -0.146. The third-order valence-electron chi connectivity index (χ3n) is 8.53. The summed E-state index contributed by atoms with van der Waals surface area (Å²) in [6.07, 6.45) is -0.154. The van der Waals surface area contributed by atoms with E-state index in [9.17, 15) is 19.5 Å². The van der Waals surface area contributed by atoms with E-state index in [0.29, 0.717) is 35.7 Å². The molecule has 208 valence electrons. The monoisotopic (exact) mass is 558 g/mol. The zero-order chi connectivity index (χ0) is 28.2. The Hall–Kier alpha value is -3.50. The maximum Gasteiger partial charge on any atom is 0.269 e. The maximum absolute atomic E-state index is 14.5. The number of fused-ring (bicyclic) bond motifs is 3. The Morgan fingerprint density at radius 1 is 1.00 bits per heavy atom. The molecule has 6 rings (SSSR count). The second-order valence-corrected chi connectivity index (χ2v) is 15.4. The highest BCUT2D eigenvalue weighted by molar-refractivity contribution is 6.71. The van der Waals surface area contributed by atoms with Crippen LogP contribution in [0.4, 0.5) is 17.1 Å². The molecule has 40 heavy (non-hydrogen) atoms. The Bertz CT molecular complexity index is 1460. The van der Waals surface area contributed by atoms with Crippen LogP contribution in [-0.2, 0) is 26.5 Å². The first kappa shape index (κ1) is 26.7. The van der Waals surface area contributed by atoms with Crippen LogP contribution in [0.1, 0.15) is 24.5 Å². The van der Waals surface area contributed by atoms with Crippen LogP contribution in [0.2, 0.25) is 18.6 Å². The highest BCUT2D eigenvalue weighted by atomic mass is 28.4. The Labute approximate surface area is 234 Å². The van der Waals surface area contributed by atoms with E-state index in [1.54, 1.807) is 9.80 Å². The number of benzene rings is 3. The van der Waals surface area contributed by atoms with Gasteiger partial charge in [0.25, 0.3) is 11.8 Å². The number of carbonyl (C=O) groups excluding carboxylic acids is 2. The zero-order valence-electron chi connectivity index (χ0n) is 22.9. The van der Waals surface area contributed by atoms with E-state index in [2.05, 4.69) is 0 Å². The topological polar surface area (TPSA) is 99.5 Å². The molecule has 4 atom stereocenters. The van der Waals surface area contributed by atoms with E-state index in [1.807, 2.05) is 92.8 Å². The molecule has 2 amide bonds. The third kappa shape index (κ3) is 4.07. The van der Waals surface area contributed by atoms with Gasteiger partial charge in [-0.25, -0.2) is 0 Å². The molecule has 0 aliphatic carbocycles. The number of hydrogen-bond donors (Lipinski definition) is 2. The van der Waals surface area contributed by atoms with Crippen molar-refractivity contribution < 1.29 is 29.0 Å². The molecule has 3 heterocycles. The Balaban J connectivity index is 1.52. The number of hydrogen-bond acceptors (Lipinski definition) is 6. The van der Waals surface area contributed by atoms with Crippen LogP contribution in [0.3, 0.4) is 0 Å². The molecule has 1 spiro atoms. The molecule has 9 heteroatoms. The van der Waals surface area contributed by atoms with Gasteiger partial charge in [-0.1, -0.05) is 49.4 Å². The molecule has 2 N–H and O–H groups in total. The van der Waals surface area contributed by atoms with Gasteiger partial charge in [-0.3, -0.25) is 14.5 Å². The lowest BCUT2D eigenvalue weighted by atomic mass is 9.82. The van der Waals surface area contributed by atoms with Crippen molar-refractivity contribution in [3.05, 3.63) is 83.9 Å². The van der Waals surface area contributed by atoms with E-state index in [1.165, 1.54) is 0 Å². The summed E-state index contributed by atoms with van der Waals surface area (Å²) in [6, 6.07) is 22.8. The SMILES string of the molecule is C[C@H]1[C@H]([Si](C)(C)O)[C@@H](CCO)O[C@]12C(=O)N(Cc1ccccc1)c1ccc(N3C(=O)COc4ccccc43)cc12. The predicted octanol–water partition coefficient (Wildman–Crippen LogP) is 4.47. The van der Waals surface area contributed by atoms with Crippen molar-refractivity contribution >= 4 is 37.2 Å². The van der Waals surface area contributed by atoms with E-state index in [-0.39, 0.29) is 36.5 Å². The van der Waals surface area contributed by atoms with Gasteiger partial charge in [-0.15, -0.1) is 0 Å². The fourth-order valence-electron chi connectivity index (χ4n) is 6.91. The lowest BCUT2D eigenvalue weighted by Crippen LogP contribution is -2.46. The summed E-state index contributed by atoms with van der Waals surface area (Å²) >= 11 is 0. The molecule has 0 aromatic heterocycles. The number of rotatable bonds is 6. The van der Waals surface area contributed by atoms with Crippen LogP contribution < -0.4 is 14.5 Å². The van der Waals surface area contributed by atoms with Gasteiger partial charge in [-0.05, 0) is 55.4 Å². The van der Waals surface area contributed by atoms with Crippen molar-refractivity contribution in [2.75, 3.05) is 23.0 Å². The number of para-hydroxylation sites is 2. The number of nitrogens with zero attached hydrogens (tertiary/aromatic N) is 2. The molecule has 0 radical (unpaired) electrons. The van der Waals surface area contributed by atoms with Gasteiger partial charge in [0.05, 0.1) is 24.0 Å². The zero-order valence-corrected chi connectivity index (χ0v) is 23.9. The summed E-state index contributed by atoms with van der Waals surface area (Å²) in [5.74, 6) is -0.141. The molecule has 0 bridgehead atoms. The summed E-state index contributed by atoms with van der Waals surface area (Å²) in [5, 5.41) is 9.87. The highest BCUT2D eigenvalue weighted by Crippen LogP contribution is 2.60. The minimum atomic E-state index is -2.82. The minimum absolute atomic E-state index is 0.0871. The first-order valence-corrected chi connectivity index (χ1v) is 16.8. The Kier molecular flexibility index (Phi) is 6.57. The van der Waals surface area contributed by atoms with Crippen molar-refractivity contribution in [1.29, 1.82) is 0 Å². The summed E-state index contributed by atoms with van der Waals surface area (Å²) in [6.45, 7) is 5.87. The molecular formula is C31H34N2O6Si. The van der Waals surface area contributed by atoms with Crippen molar-refractivity contribution in [1.82, 2.24) is 0 Å². The van der Waals surface area contributed by atoms with Gasteiger partial charge >= 0.3 is 0 Å². The molecule has 8 nitrogen and oxygen atoms in total. The van der Waals surface area contributed by atoms with Crippen LogP contribution in [-0.4, -0.2) is 49.4 Å². The van der Waals surface area contributed by atoms with E-state index in [0.717, 1.165) is 11.3 Å². The van der Waals surface area contributed by atoms with Gasteiger partial charge in [0.15, 0.2) is 20.5 Å². The van der Waals surface area contributed by atoms with Crippen LogP contribution in [0.15, 0.2) is 72.8 Å². The normalized spacial score (nSPS) is 25.8. The molecular weight excluding hydrogens is 524 g/mol. The standard InChI is InChI=1S/C31H34N2O6Si/c1-20-29(40(2,3)37)27(15-16-34)39-31(20)23-17-22(33-25-11-7-8-12-26(25)38-19-28(33)35)13-14-24(23)32(30(31)36)18-21-9-5-4-6-10-21/h4-14,17,20,27,29,34,37H,15-16,18-19H2,1-3H3/t20-,27+,29-,31+/m0/s1. The second kappa shape index (κ2) is 9.85. The number of ether oxygens (including phenoxy) is 2. The fourth-order valence-corrected chi connectivity index (χ4v) is 9.51. The molecule has 3 aromatic rings. The van der Waals surface area contributed by atoms with Crippen LogP contribution in [0.5, 0.6) is 5.75 Å². The van der Waals surface area contributed by atoms with Crippen molar-refractivity contribution in [2.45, 2.75) is 50.2 Å². The smallest absolute Gasteiger partial charge is 0.269 e. The molecule has 3 aliphatic rings. The average Bonchev–Trinajstić information content (AvgIpc) is 3.36. The van der Waals surface area contributed by atoms with E-state index < -0.39 is 20.0 Å². The van der Waals surface area contributed by atoms with Crippen LogP contribution >= 0.6 is 0 Å². The maximum atomic E-state index is 14.5. The van der Waals surface area contributed by atoms with Gasteiger partial charge in [-0.2, -0.15) is 0 Å². The quantitative estimate of drug-likeness (QED) is 0.433. The number of carbonyl (C=O) groups is 2. The molecule has 1 fully saturated rings. The predicted molar refractivity (Wildman–Crippen MR) is 154 cm³/mol. The van der Waals surface area contributed by atoms with Crippen molar-refractivity contribution in [2.24, 2.45) is 5.92 Å². The largest absolute Gasteiger partial charge is 0.482 e. The first-order valence-electron chi connectivity index (χ1n) is 13.7. The lowest BCUT2D eigenvalue weighted by Gasteiger charge is -2.33. The molecule has 3 aromatic carbocycles. The first-order chi connectivity index (χ1) is 19.2. The van der Waals surface area contributed by atoms with Gasteiger partial charge in [0.1, 0.15) is 5.75 Å². The Morgan fingerprint density at radius 3 is 2.45 bits per heavy atom. The number of anilines is 3. The molecule has 0 unspecified atom stereocenters. The van der Waals surface area contributed by atoms with Gasteiger partial charge < -0.3 is 24.3 Å². The fraction of sp³-hybridized carbons (Fsp3) is 0.355. The van der Waals surface area contributed by atoms with E-state index in [4.69, 9.17) is 9.47 Å². The second-order valence-electron chi connectivity index (χ2n) is 11.4. The molecule has 1 saturated heterocycles. The Morgan fingerprint density at radius 2 is 1.73 bits per heavy atom. The van der Waals surface area contributed by atoms with Gasteiger partial charge in [0, 0.05) is 29.3 Å². The number of amides is 2. The summed E-state index contributed by atoms with van der Waals surface area (Å²) < 4.78 is 12.4.